The number of hydrogen-bond acceptors (Lipinski definition) is 6. The number of benzene rings is 2. The lowest BCUT2D eigenvalue weighted by molar-refractivity contribution is -0.138. The van der Waals surface area contributed by atoms with Gasteiger partial charge in [0.05, 0.1) is 13.7 Å². The Labute approximate surface area is 200 Å². The van der Waals surface area contributed by atoms with Gasteiger partial charge >= 0.3 is 0 Å². The van der Waals surface area contributed by atoms with Crippen molar-refractivity contribution in [1.82, 2.24) is 4.90 Å². The lowest BCUT2D eigenvalue weighted by Crippen LogP contribution is -2.49. The van der Waals surface area contributed by atoms with Crippen molar-refractivity contribution in [3.63, 3.8) is 0 Å². The van der Waals surface area contributed by atoms with Crippen molar-refractivity contribution in [3.8, 4) is 11.5 Å². The molecule has 0 spiro atoms. The molecule has 1 amide bonds. The highest BCUT2D eigenvalue weighted by atomic mass is 16.5. The molecule has 2 aliphatic rings. The quantitative estimate of drug-likeness (QED) is 0.426. The Hall–Kier alpha value is -3.32. The fourth-order valence-corrected chi connectivity index (χ4v) is 4.52. The van der Waals surface area contributed by atoms with Gasteiger partial charge in [-0.15, -0.1) is 6.58 Å². The number of methoxy groups -OCH3 is 1. The Kier molecular flexibility index (Phi) is 7.53. The summed E-state index contributed by atoms with van der Waals surface area (Å²) in [6.45, 7) is 5.92. The average Bonchev–Trinajstić information content (AvgIpc) is 3.54. The smallest absolute Gasteiger partial charge is 0.255 e. The Morgan fingerprint density at radius 2 is 2.00 bits per heavy atom. The first-order chi connectivity index (χ1) is 16.6. The van der Waals surface area contributed by atoms with Crippen LogP contribution in [0.3, 0.4) is 0 Å². The lowest BCUT2D eigenvalue weighted by Gasteiger charge is -2.33. The summed E-state index contributed by atoms with van der Waals surface area (Å²) in [5, 5.41) is 8.94. The van der Waals surface area contributed by atoms with E-state index in [1.54, 1.807) is 13.2 Å². The molecule has 2 atom stereocenters. The first kappa shape index (κ1) is 23.8. The van der Waals surface area contributed by atoms with Gasteiger partial charge < -0.3 is 24.2 Å². The van der Waals surface area contributed by atoms with E-state index in [2.05, 4.69) is 6.58 Å². The number of rotatable bonds is 10. The summed E-state index contributed by atoms with van der Waals surface area (Å²) in [6, 6.07) is 15.0. The van der Waals surface area contributed by atoms with E-state index in [-0.39, 0.29) is 12.5 Å². The molecule has 0 radical (unpaired) electrons. The minimum Gasteiger partial charge on any atom is -0.497 e. The fraction of sp³-hybridized carbons (Fsp3) is 0.407. The van der Waals surface area contributed by atoms with E-state index in [9.17, 15) is 4.79 Å². The van der Waals surface area contributed by atoms with Crippen LogP contribution in [0.1, 0.15) is 42.9 Å². The second-order valence-electron chi connectivity index (χ2n) is 8.56. The molecule has 2 heterocycles. The third-order valence-electron chi connectivity index (χ3n) is 6.25. The van der Waals surface area contributed by atoms with Crippen molar-refractivity contribution >= 4 is 11.8 Å². The Bertz CT molecular complexity index is 1030. The van der Waals surface area contributed by atoms with E-state index in [0.29, 0.717) is 36.8 Å². The molecule has 0 bridgehead atoms. The highest BCUT2D eigenvalue weighted by molar-refractivity contribution is 6.01. The summed E-state index contributed by atoms with van der Waals surface area (Å²) >= 11 is 0. The molecule has 0 saturated carbocycles. The number of hydrogen-bond donors (Lipinski definition) is 1. The number of nitrogens with zero attached hydrogens (tertiary/aromatic N) is 2. The van der Waals surface area contributed by atoms with Crippen LogP contribution in [0.25, 0.3) is 0 Å². The number of carbonyl (C=O) groups excluding carboxylic acids is 1. The number of ether oxygens (including phenoxy) is 3. The summed E-state index contributed by atoms with van der Waals surface area (Å²) in [4.78, 5) is 20.7. The Morgan fingerprint density at radius 3 is 2.68 bits per heavy atom. The van der Waals surface area contributed by atoms with Crippen molar-refractivity contribution in [2.24, 2.45) is 4.99 Å². The Balaban J connectivity index is 1.71. The van der Waals surface area contributed by atoms with Crippen LogP contribution >= 0.6 is 0 Å². The third-order valence-corrected chi connectivity index (χ3v) is 6.25. The molecule has 1 N–H and O–H groups in total. The summed E-state index contributed by atoms with van der Waals surface area (Å²) in [7, 11) is 1.62. The molecular weight excluding hydrogens is 432 g/mol. The molecule has 180 valence electrons. The van der Waals surface area contributed by atoms with Gasteiger partial charge in [-0.25, -0.2) is 4.99 Å². The molecular formula is C27H32N2O5. The largest absolute Gasteiger partial charge is 0.497 e. The molecule has 0 aliphatic carbocycles. The van der Waals surface area contributed by atoms with Crippen LogP contribution in [0.2, 0.25) is 0 Å². The minimum absolute atomic E-state index is 0.0309. The molecule has 2 aromatic carbocycles. The molecule has 0 aromatic heterocycles. The van der Waals surface area contributed by atoms with Crippen LogP contribution < -0.4 is 9.47 Å². The van der Waals surface area contributed by atoms with Gasteiger partial charge in [-0.3, -0.25) is 4.79 Å². The zero-order chi connectivity index (χ0) is 24.0. The monoisotopic (exact) mass is 464 g/mol. The number of aliphatic hydroxyl groups excluding tert-OH is 1. The number of aliphatic hydroxyl groups is 1. The summed E-state index contributed by atoms with van der Waals surface area (Å²) in [6.07, 6.45) is 4.06. The summed E-state index contributed by atoms with van der Waals surface area (Å²) < 4.78 is 17.5. The Morgan fingerprint density at radius 1 is 1.24 bits per heavy atom. The minimum atomic E-state index is -1.13. The number of likely N-dealkylation sites (tertiary alicyclic amines) is 1. The standard InChI is InChI=1S/C27H32N2O5/c1-3-14-27(26(31)29-15-4-5-16-29)24(21-8-6-9-23(19-21)32-2)34-25(28-27)20-10-12-22(13-11-20)33-18-7-17-30/h3,6,8-13,19,24,30H,1,4-5,7,14-18H2,2H3/t24-,27-/m1/s1. The molecule has 34 heavy (non-hydrogen) atoms. The van der Waals surface area contributed by atoms with Gasteiger partial charge in [0.15, 0.2) is 11.6 Å². The third kappa shape index (κ3) is 4.80. The van der Waals surface area contributed by atoms with Crippen molar-refractivity contribution in [1.29, 1.82) is 0 Å². The topological polar surface area (TPSA) is 80.6 Å². The van der Waals surface area contributed by atoms with Crippen LogP contribution in [-0.4, -0.2) is 60.8 Å². The van der Waals surface area contributed by atoms with Crippen molar-refractivity contribution in [2.45, 2.75) is 37.3 Å². The zero-order valence-corrected chi connectivity index (χ0v) is 19.6. The van der Waals surface area contributed by atoms with Gasteiger partial charge in [-0.1, -0.05) is 18.2 Å². The first-order valence-corrected chi connectivity index (χ1v) is 11.8. The van der Waals surface area contributed by atoms with Gasteiger partial charge in [0.2, 0.25) is 5.90 Å². The molecule has 7 heteroatoms. The van der Waals surface area contributed by atoms with Crippen LogP contribution in [0.15, 0.2) is 66.2 Å². The van der Waals surface area contributed by atoms with E-state index in [1.807, 2.05) is 53.4 Å². The molecule has 2 aliphatic heterocycles. The van der Waals surface area contributed by atoms with Crippen molar-refractivity contribution < 1.29 is 24.1 Å². The summed E-state index contributed by atoms with van der Waals surface area (Å²) in [5.41, 5.74) is 0.461. The van der Waals surface area contributed by atoms with E-state index >= 15 is 0 Å². The number of carbonyl (C=O) groups is 1. The second-order valence-corrected chi connectivity index (χ2v) is 8.56. The van der Waals surface area contributed by atoms with Crippen LogP contribution in [0.4, 0.5) is 0 Å². The van der Waals surface area contributed by atoms with E-state index in [4.69, 9.17) is 24.3 Å². The van der Waals surface area contributed by atoms with Crippen molar-refractivity contribution in [2.75, 3.05) is 33.4 Å². The predicted molar refractivity (Wildman–Crippen MR) is 130 cm³/mol. The number of amides is 1. The molecule has 1 saturated heterocycles. The van der Waals surface area contributed by atoms with Crippen LogP contribution in [0.5, 0.6) is 11.5 Å². The lowest BCUT2D eigenvalue weighted by atomic mass is 9.84. The van der Waals surface area contributed by atoms with E-state index in [1.165, 1.54) is 0 Å². The van der Waals surface area contributed by atoms with Gasteiger partial charge in [0.1, 0.15) is 11.5 Å². The van der Waals surface area contributed by atoms with Crippen LogP contribution in [0, 0.1) is 0 Å². The molecule has 4 rings (SSSR count). The van der Waals surface area contributed by atoms with Gasteiger partial charge in [-0.2, -0.15) is 0 Å². The van der Waals surface area contributed by atoms with E-state index in [0.717, 1.165) is 37.1 Å². The highest BCUT2D eigenvalue weighted by Crippen LogP contribution is 2.44. The highest BCUT2D eigenvalue weighted by Gasteiger charge is 2.54. The summed E-state index contributed by atoms with van der Waals surface area (Å²) in [5.74, 6) is 1.78. The average molecular weight is 465 g/mol. The molecule has 1 fully saturated rings. The maximum atomic E-state index is 13.9. The molecule has 0 unspecified atom stereocenters. The number of aliphatic imine (C=N–C) groups is 1. The van der Waals surface area contributed by atoms with E-state index < -0.39 is 11.6 Å². The van der Waals surface area contributed by atoms with Gasteiger partial charge in [0.25, 0.3) is 5.91 Å². The maximum Gasteiger partial charge on any atom is 0.255 e. The normalized spacial score (nSPS) is 21.6. The predicted octanol–water partition coefficient (Wildman–Crippen LogP) is 3.91. The first-order valence-electron chi connectivity index (χ1n) is 11.8. The second kappa shape index (κ2) is 10.7. The molecule has 7 nitrogen and oxygen atoms in total. The van der Waals surface area contributed by atoms with Gasteiger partial charge in [-0.05, 0) is 54.8 Å². The van der Waals surface area contributed by atoms with Crippen LogP contribution in [-0.2, 0) is 9.53 Å². The zero-order valence-electron chi connectivity index (χ0n) is 19.6. The molecule has 2 aromatic rings. The SMILES string of the molecule is C=CC[C@@]1(C(=O)N2CCCC2)N=C(c2ccc(OCCCO)cc2)O[C@@H]1c1cccc(OC)c1. The maximum absolute atomic E-state index is 13.9. The van der Waals surface area contributed by atoms with Crippen molar-refractivity contribution in [3.05, 3.63) is 72.3 Å². The fourth-order valence-electron chi connectivity index (χ4n) is 4.52. The van der Waals surface area contributed by atoms with Gasteiger partial charge in [0, 0.05) is 38.1 Å².